The van der Waals surface area contributed by atoms with E-state index in [1.54, 1.807) is 6.07 Å². The Hall–Kier alpha value is -4.27. The van der Waals surface area contributed by atoms with E-state index in [0.717, 1.165) is 36.5 Å². The van der Waals surface area contributed by atoms with Gasteiger partial charge in [-0.15, -0.1) is 11.8 Å². The number of halogens is 5. The minimum atomic E-state index is -4.86. The van der Waals surface area contributed by atoms with Crippen LogP contribution in [0.1, 0.15) is 40.1 Å². The highest BCUT2D eigenvalue weighted by Gasteiger charge is 2.48. The summed E-state index contributed by atoms with van der Waals surface area (Å²) < 4.78 is 87.0. The molecule has 2 aliphatic heterocycles. The molecular weight excluding hydrogens is 589 g/mol. The monoisotopic (exact) mass is 611 g/mol. The van der Waals surface area contributed by atoms with Crippen LogP contribution in [0.5, 0.6) is 5.75 Å². The molecule has 0 N–H and O–H groups in total. The summed E-state index contributed by atoms with van der Waals surface area (Å²) >= 11 is 1.10. The number of carbonyl (C=O) groups excluding carboxylic acids is 2. The lowest BCUT2D eigenvalue weighted by molar-refractivity contribution is -0.173. The molecule has 0 fully saturated rings. The van der Waals surface area contributed by atoms with Crippen molar-refractivity contribution in [3.63, 3.8) is 0 Å². The number of nitrogens with zero attached hydrogens (tertiary/aromatic N) is 3. The average Bonchev–Trinajstić information content (AvgIpc) is 3.10. The van der Waals surface area contributed by atoms with E-state index < -0.39 is 72.3 Å². The van der Waals surface area contributed by atoms with Crippen LogP contribution in [0.2, 0.25) is 0 Å². The van der Waals surface area contributed by atoms with Gasteiger partial charge in [-0.05, 0) is 41.8 Å². The Balaban J connectivity index is 1.74. The third kappa shape index (κ3) is 5.24. The molecule has 222 valence electrons. The van der Waals surface area contributed by atoms with Crippen molar-refractivity contribution in [1.29, 1.82) is 0 Å². The van der Waals surface area contributed by atoms with Crippen LogP contribution >= 0.6 is 11.8 Å². The summed E-state index contributed by atoms with van der Waals surface area (Å²) in [6.07, 6.45) is -4.85. The molecule has 1 amide bonds. The molecule has 0 spiro atoms. The number of rotatable bonds is 5. The maximum absolute atomic E-state index is 15.1. The summed E-state index contributed by atoms with van der Waals surface area (Å²) in [4.78, 5) is 38.6. The highest BCUT2D eigenvalue weighted by molar-refractivity contribution is 7.98. The number of hydrogen-bond donors (Lipinski definition) is 0. The largest absolute Gasteiger partial charge is 0.510 e. The Morgan fingerprint density at radius 2 is 1.88 bits per heavy atom. The first-order valence-electron chi connectivity index (χ1n) is 12.4. The van der Waals surface area contributed by atoms with Crippen LogP contribution < -0.4 is 15.2 Å². The summed E-state index contributed by atoms with van der Waals surface area (Å²) in [5.41, 5.74) is -0.214. The van der Waals surface area contributed by atoms with Gasteiger partial charge in [0.25, 0.3) is 5.91 Å². The van der Waals surface area contributed by atoms with Crippen LogP contribution in [0.25, 0.3) is 0 Å². The predicted molar refractivity (Wildman–Crippen MR) is 139 cm³/mol. The fourth-order valence-electron chi connectivity index (χ4n) is 4.86. The van der Waals surface area contributed by atoms with Crippen LogP contribution in [-0.4, -0.2) is 54.4 Å². The molecule has 2 atom stereocenters. The first kappa shape index (κ1) is 29.2. The number of thioether (sulfide) groups is 1. The number of hydrogen-bond acceptors (Lipinski definition) is 8. The molecule has 2 aliphatic rings. The smallest absolute Gasteiger partial charge is 0.451 e. The van der Waals surface area contributed by atoms with Gasteiger partial charge in [0.2, 0.25) is 18.0 Å². The normalized spacial score (nSPS) is 17.0. The zero-order valence-corrected chi connectivity index (χ0v) is 22.8. The van der Waals surface area contributed by atoms with Crippen molar-refractivity contribution in [2.45, 2.75) is 35.8 Å². The summed E-state index contributed by atoms with van der Waals surface area (Å²) in [5.74, 6) is -2.87. The molecule has 15 heteroatoms. The second kappa shape index (κ2) is 11.2. The van der Waals surface area contributed by atoms with Crippen molar-refractivity contribution < 1.29 is 45.8 Å². The number of carbonyl (C=O) groups is 2. The van der Waals surface area contributed by atoms with Crippen molar-refractivity contribution >= 4 is 23.8 Å². The van der Waals surface area contributed by atoms with Crippen LogP contribution in [0.4, 0.5) is 26.7 Å². The van der Waals surface area contributed by atoms with E-state index in [4.69, 9.17) is 4.74 Å². The van der Waals surface area contributed by atoms with Crippen molar-refractivity contribution in [2.75, 3.05) is 25.6 Å². The first-order valence-corrected chi connectivity index (χ1v) is 13.3. The molecule has 9 nitrogen and oxygen atoms in total. The molecular formula is C27H22F5N3O6S. The van der Waals surface area contributed by atoms with E-state index in [-0.39, 0.29) is 10.6 Å². The number of pyridine rings is 1. The van der Waals surface area contributed by atoms with Crippen molar-refractivity contribution in [1.82, 2.24) is 9.58 Å². The van der Waals surface area contributed by atoms with Gasteiger partial charge in [0, 0.05) is 22.9 Å². The molecule has 3 heterocycles. The maximum Gasteiger partial charge on any atom is 0.510 e. The summed E-state index contributed by atoms with van der Waals surface area (Å²) in [6, 6.07) is 5.80. The summed E-state index contributed by atoms with van der Waals surface area (Å²) in [6.45, 7) is -0.763. The standard InChI is InChI=1S/C27H22F5N3O6S/c1-14(27(30,31)32)33-12-35(34-9-8-20(36)23(22(34)25(33)37)40-13-41-26(38)39-2)21-17-7-6-16(28)10-15(17)11-42-24-18(21)4-3-5-19(24)29/h3-10,14,21H,11-13H2,1-2H3/t14-,21+/m1/s1. The number of fused-ring (bicyclic) bond motifs is 3. The number of ether oxygens (including phenoxy) is 3. The molecule has 1 aromatic heterocycles. The van der Waals surface area contributed by atoms with E-state index >= 15 is 4.39 Å². The molecule has 2 aromatic carbocycles. The minimum Gasteiger partial charge on any atom is -0.451 e. The Labute approximate surface area is 239 Å². The van der Waals surface area contributed by atoms with Crippen molar-refractivity contribution in [3.05, 3.63) is 92.9 Å². The second-order valence-corrected chi connectivity index (χ2v) is 10.3. The van der Waals surface area contributed by atoms with Gasteiger partial charge in [0.15, 0.2) is 5.69 Å². The topological polar surface area (TPSA) is 90.3 Å². The van der Waals surface area contributed by atoms with E-state index in [9.17, 15) is 31.9 Å². The fraction of sp³-hybridized carbons (Fsp3) is 0.296. The number of methoxy groups -OCH3 is 1. The SMILES string of the molecule is COC(=O)OCOc1c2n(ccc1=O)N([C@H]1c3ccc(F)cc3CSc3c(F)cccc31)CN([C@H](C)C(F)(F)F)C2=O. The number of benzene rings is 2. The average molecular weight is 612 g/mol. The van der Waals surface area contributed by atoms with Gasteiger partial charge < -0.3 is 19.1 Å². The lowest BCUT2D eigenvalue weighted by atomic mass is 9.94. The quantitative estimate of drug-likeness (QED) is 0.228. The number of aromatic nitrogens is 1. The van der Waals surface area contributed by atoms with E-state index in [2.05, 4.69) is 9.47 Å². The highest BCUT2D eigenvalue weighted by Crippen LogP contribution is 2.44. The highest BCUT2D eigenvalue weighted by atomic mass is 32.2. The molecule has 0 aliphatic carbocycles. The van der Waals surface area contributed by atoms with Gasteiger partial charge in [0.05, 0.1) is 13.2 Å². The van der Waals surface area contributed by atoms with Crippen LogP contribution in [0, 0.1) is 11.6 Å². The van der Waals surface area contributed by atoms with Crippen LogP contribution in [0.15, 0.2) is 58.4 Å². The number of alkyl halides is 3. The Morgan fingerprint density at radius 1 is 1.12 bits per heavy atom. The van der Waals surface area contributed by atoms with Crippen molar-refractivity contribution in [3.8, 4) is 5.75 Å². The van der Waals surface area contributed by atoms with E-state index in [1.165, 1.54) is 41.5 Å². The molecule has 0 saturated carbocycles. The van der Waals surface area contributed by atoms with E-state index in [1.807, 2.05) is 0 Å². The Kier molecular flexibility index (Phi) is 7.79. The fourth-order valence-corrected chi connectivity index (χ4v) is 5.96. The summed E-state index contributed by atoms with van der Waals surface area (Å²) in [7, 11) is 1.02. The van der Waals surface area contributed by atoms with Gasteiger partial charge in [-0.3, -0.25) is 19.3 Å². The Morgan fingerprint density at radius 3 is 2.60 bits per heavy atom. The molecule has 0 unspecified atom stereocenters. The third-order valence-electron chi connectivity index (χ3n) is 6.92. The van der Waals surface area contributed by atoms with Gasteiger partial charge in [-0.1, -0.05) is 18.2 Å². The lowest BCUT2D eigenvalue weighted by Crippen LogP contribution is -2.60. The molecule has 5 rings (SSSR count). The van der Waals surface area contributed by atoms with E-state index in [0.29, 0.717) is 21.6 Å². The molecule has 0 saturated heterocycles. The van der Waals surface area contributed by atoms with Crippen LogP contribution in [-0.2, 0) is 15.2 Å². The predicted octanol–water partition coefficient (Wildman–Crippen LogP) is 4.94. The van der Waals surface area contributed by atoms with Crippen LogP contribution in [0.3, 0.4) is 0 Å². The molecule has 42 heavy (non-hydrogen) atoms. The maximum atomic E-state index is 15.1. The van der Waals surface area contributed by atoms with Gasteiger partial charge in [-0.25, -0.2) is 13.6 Å². The summed E-state index contributed by atoms with van der Waals surface area (Å²) in [5, 5.41) is 1.34. The third-order valence-corrected chi connectivity index (χ3v) is 8.10. The minimum absolute atomic E-state index is 0.156. The molecule has 0 radical (unpaired) electrons. The van der Waals surface area contributed by atoms with Gasteiger partial charge in [0.1, 0.15) is 24.3 Å². The molecule has 3 aromatic rings. The van der Waals surface area contributed by atoms with Gasteiger partial charge >= 0.3 is 12.3 Å². The zero-order chi connectivity index (χ0) is 30.3. The van der Waals surface area contributed by atoms with Gasteiger partial charge in [-0.2, -0.15) is 13.2 Å². The Bertz CT molecular complexity index is 1610. The number of amides is 1. The molecule has 0 bridgehead atoms. The van der Waals surface area contributed by atoms with Crippen molar-refractivity contribution in [2.24, 2.45) is 0 Å². The lowest BCUT2D eigenvalue weighted by Gasteiger charge is -2.46. The first-order chi connectivity index (χ1) is 19.9. The zero-order valence-electron chi connectivity index (χ0n) is 22.0. The second-order valence-electron chi connectivity index (χ2n) is 9.33.